The van der Waals surface area contributed by atoms with Crippen LogP contribution in [0.5, 0.6) is 0 Å². The van der Waals surface area contributed by atoms with Crippen molar-refractivity contribution in [3.63, 3.8) is 0 Å². The zero-order valence-corrected chi connectivity index (χ0v) is 16.9. The molecular formula is C19H27IN4. The number of aromatic nitrogens is 1. The summed E-state index contributed by atoms with van der Waals surface area (Å²) in [6.45, 7) is 8.31. The third kappa shape index (κ3) is 5.78. The van der Waals surface area contributed by atoms with Crippen molar-refractivity contribution in [2.45, 2.75) is 26.3 Å². The molecule has 0 amide bonds. The highest BCUT2D eigenvalue weighted by molar-refractivity contribution is 14.0. The van der Waals surface area contributed by atoms with E-state index >= 15 is 0 Å². The molecule has 4 nitrogen and oxygen atoms in total. The maximum absolute atomic E-state index is 4.78. The average Bonchev–Trinajstić information content (AvgIpc) is 2.58. The van der Waals surface area contributed by atoms with Gasteiger partial charge in [0.05, 0.1) is 12.1 Å². The molecule has 130 valence electrons. The minimum atomic E-state index is 0. The van der Waals surface area contributed by atoms with Crippen molar-refractivity contribution < 1.29 is 0 Å². The normalized spacial score (nSPS) is 11.0. The van der Waals surface area contributed by atoms with Crippen LogP contribution in [-0.4, -0.2) is 36.0 Å². The van der Waals surface area contributed by atoms with Gasteiger partial charge in [-0.3, -0.25) is 4.98 Å². The Bertz CT molecular complexity index is 664. The van der Waals surface area contributed by atoms with Crippen molar-refractivity contribution in [1.29, 1.82) is 0 Å². The van der Waals surface area contributed by atoms with E-state index in [9.17, 15) is 0 Å². The van der Waals surface area contributed by atoms with Crippen LogP contribution in [0.4, 0.5) is 0 Å². The highest BCUT2D eigenvalue weighted by atomic mass is 127. The van der Waals surface area contributed by atoms with Gasteiger partial charge >= 0.3 is 0 Å². The number of para-hydroxylation sites is 1. The topological polar surface area (TPSA) is 40.5 Å². The van der Waals surface area contributed by atoms with E-state index in [0.717, 1.165) is 48.4 Å². The van der Waals surface area contributed by atoms with Gasteiger partial charge in [0.1, 0.15) is 0 Å². The van der Waals surface area contributed by atoms with Crippen LogP contribution in [-0.2, 0) is 6.54 Å². The minimum Gasteiger partial charge on any atom is -0.357 e. The summed E-state index contributed by atoms with van der Waals surface area (Å²) in [7, 11) is 2.08. The maximum atomic E-state index is 4.78. The monoisotopic (exact) mass is 438 g/mol. The second-order valence-electron chi connectivity index (χ2n) is 5.51. The van der Waals surface area contributed by atoms with Gasteiger partial charge in [-0.25, -0.2) is 4.99 Å². The molecule has 0 atom stereocenters. The number of guanidine groups is 1. The number of allylic oxidation sites excluding steroid dienone is 1. The number of rotatable bonds is 7. The molecule has 0 aliphatic heterocycles. The minimum absolute atomic E-state index is 0. The smallest absolute Gasteiger partial charge is 0.193 e. The zero-order chi connectivity index (χ0) is 16.5. The summed E-state index contributed by atoms with van der Waals surface area (Å²) in [4.78, 5) is 11.4. The van der Waals surface area contributed by atoms with Gasteiger partial charge in [0.2, 0.25) is 0 Å². The number of nitrogens with one attached hydrogen (secondary N) is 1. The van der Waals surface area contributed by atoms with E-state index in [4.69, 9.17) is 4.99 Å². The van der Waals surface area contributed by atoms with Gasteiger partial charge in [-0.1, -0.05) is 30.3 Å². The van der Waals surface area contributed by atoms with Crippen molar-refractivity contribution in [1.82, 2.24) is 15.2 Å². The number of fused-ring (bicyclic) bond motifs is 1. The number of unbranched alkanes of at least 4 members (excludes halogenated alkanes) is 1. The van der Waals surface area contributed by atoms with E-state index in [1.54, 1.807) is 0 Å². The van der Waals surface area contributed by atoms with Crippen LogP contribution in [0.1, 0.15) is 25.3 Å². The highest BCUT2D eigenvalue weighted by Crippen LogP contribution is 2.16. The molecule has 0 fully saturated rings. The van der Waals surface area contributed by atoms with E-state index in [1.807, 2.05) is 18.3 Å². The molecule has 0 aliphatic rings. The highest BCUT2D eigenvalue weighted by Gasteiger charge is 2.06. The molecule has 1 aromatic carbocycles. The number of aliphatic imine (C=N–C) groups is 1. The van der Waals surface area contributed by atoms with E-state index in [-0.39, 0.29) is 24.0 Å². The summed E-state index contributed by atoms with van der Waals surface area (Å²) in [6.07, 6.45) is 5.90. The Kier molecular flexibility index (Phi) is 9.37. The molecule has 2 aromatic rings. The Labute approximate surface area is 162 Å². The quantitative estimate of drug-likeness (QED) is 0.232. The lowest BCUT2D eigenvalue weighted by Gasteiger charge is -2.21. The molecule has 0 saturated carbocycles. The Balaban J connectivity index is 0.00000288. The molecule has 1 aromatic heterocycles. The molecule has 0 unspecified atom stereocenters. The molecule has 0 bridgehead atoms. The second kappa shape index (κ2) is 11.0. The third-order valence-corrected chi connectivity index (χ3v) is 3.71. The molecule has 0 aliphatic carbocycles. The SMILES string of the molecule is C=CCCCN(C)C(=NCc1cccc2cccnc12)NCC.I. The Morgan fingerprint density at radius 3 is 2.88 bits per heavy atom. The molecule has 1 N–H and O–H groups in total. The molecule has 2 rings (SSSR count). The molecule has 0 spiro atoms. The van der Waals surface area contributed by atoms with E-state index < -0.39 is 0 Å². The first-order valence-electron chi connectivity index (χ1n) is 8.19. The van der Waals surface area contributed by atoms with Crippen molar-refractivity contribution in [2.75, 3.05) is 20.1 Å². The predicted octanol–water partition coefficient (Wildman–Crippen LogP) is 4.22. The van der Waals surface area contributed by atoms with Gasteiger partial charge < -0.3 is 10.2 Å². The predicted molar refractivity (Wildman–Crippen MR) is 114 cm³/mol. The molecule has 5 heteroatoms. The lowest BCUT2D eigenvalue weighted by Crippen LogP contribution is -2.39. The van der Waals surface area contributed by atoms with Crippen LogP contribution < -0.4 is 5.32 Å². The number of hydrogen-bond donors (Lipinski definition) is 1. The van der Waals surface area contributed by atoms with Gasteiger partial charge in [0, 0.05) is 31.7 Å². The third-order valence-electron chi connectivity index (χ3n) is 3.71. The molecule has 0 radical (unpaired) electrons. The summed E-state index contributed by atoms with van der Waals surface area (Å²) in [6, 6.07) is 10.3. The molecule has 0 saturated heterocycles. The van der Waals surface area contributed by atoms with Gasteiger partial charge in [-0.15, -0.1) is 30.6 Å². The van der Waals surface area contributed by atoms with Crippen molar-refractivity contribution in [3.8, 4) is 0 Å². The number of hydrogen-bond acceptors (Lipinski definition) is 2. The first-order valence-corrected chi connectivity index (χ1v) is 8.19. The number of halogens is 1. The summed E-state index contributed by atoms with van der Waals surface area (Å²) >= 11 is 0. The first-order chi connectivity index (χ1) is 11.3. The fraction of sp³-hybridized carbons (Fsp3) is 0.368. The maximum Gasteiger partial charge on any atom is 0.193 e. The van der Waals surface area contributed by atoms with Gasteiger partial charge in [0.15, 0.2) is 5.96 Å². The Morgan fingerprint density at radius 1 is 1.33 bits per heavy atom. The lowest BCUT2D eigenvalue weighted by atomic mass is 10.1. The summed E-state index contributed by atoms with van der Waals surface area (Å²) in [5.74, 6) is 0.935. The summed E-state index contributed by atoms with van der Waals surface area (Å²) in [5, 5.41) is 4.51. The second-order valence-corrected chi connectivity index (χ2v) is 5.51. The summed E-state index contributed by atoms with van der Waals surface area (Å²) < 4.78 is 0. The largest absolute Gasteiger partial charge is 0.357 e. The van der Waals surface area contributed by atoms with Crippen molar-refractivity contribution >= 4 is 40.8 Å². The van der Waals surface area contributed by atoms with Gasteiger partial charge in [-0.05, 0) is 31.4 Å². The van der Waals surface area contributed by atoms with Crippen LogP contribution in [0.25, 0.3) is 10.9 Å². The fourth-order valence-corrected chi connectivity index (χ4v) is 2.50. The number of nitrogens with zero attached hydrogens (tertiary/aromatic N) is 3. The fourth-order valence-electron chi connectivity index (χ4n) is 2.50. The lowest BCUT2D eigenvalue weighted by molar-refractivity contribution is 0.470. The summed E-state index contributed by atoms with van der Waals surface area (Å²) in [5.41, 5.74) is 2.18. The zero-order valence-electron chi connectivity index (χ0n) is 14.5. The van der Waals surface area contributed by atoms with Crippen molar-refractivity contribution in [3.05, 3.63) is 54.7 Å². The van der Waals surface area contributed by atoms with Crippen LogP contribution >= 0.6 is 24.0 Å². The van der Waals surface area contributed by atoms with Gasteiger partial charge in [0.25, 0.3) is 0 Å². The van der Waals surface area contributed by atoms with E-state index in [0.29, 0.717) is 6.54 Å². The average molecular weight is 438 g/mol. The van der Waals surface area contributed by atoms with Crippen LogP contribution in [0.15, 0.2) is 54.2 Å². The molecule has 1 heterocycles. The van der Waals surface area contributed by atoms with Crippen molar-refractivity contribution in [2.24, 2.45) is 4.99 Å². The molecule has 24 heavy (non-hydrogen) atoms. The Morgan fingerprint density at radius 2 is 2.12 bits per heavy atom. The number of pyridine rings is 1. The van der Waals surface area contributed by atoms with Gasteiger partial charge in [-0.2, -0.15) is 0 Å². The standard InChI is InChI=1S/C19H26N4.HI/c1-4-6-7-14-23(3)19(20-5-2)22-15-17-11-8-10-16-12-9-13-21-18(16)17;/h4,8-13H,1,5-7,14-15H2,2-3H3,(H,20,22);1H. The van der Waals surface area contributed by atoms with Crippen LogP contribution in [0, 0.1) is 0 Å². The van der Waals surface area contributed by atoms with E-state index in [2.05, 4.69) is 60.0 Å². The Hall–Kier alpha value is -1.63. The van der Waals surface area contributed by atoms with E-state index in [1.165, 1.54) is 0 Å². The van der Waals surface area contributed by atoms with Crippen LogP contribution in [0.3, 0.4) is 0 Å². The number of benzene rings is 1. The first kappa shape index (κ1) is 20.4. The van der Waals surface area contributed by atoms with Crippen LogP contribution in [0.2, 0.25) is 0 Å². The molecular weight excluding hydrogens is 411 g/mol.